The number of hydrogen-bond acceptors (Lipinski definition) is 5. The molecule has 3 N–H and O–H groups in total. The zero-order chi connectivity index (χ0) is 17.6. The average Bonchev–Trinajstić information content (AvgIpc) is 2.64. The van der Waals surface area contributed by atoms with Gasteiger partial charge in [-0.3, -0.25) is 9.78 Å². The maximum Gasteiger partial charge on any atom is 0.273 e. The molecule has 1 amide bonds. The summed E-state index contributed by atoms with van der Waals surface area (Å²) >= 11 is 5.89. The summed E-state index contributed by atoms with van der Waals surface area (Å²) in [6.07, 6.45) is 3.87. The molecule has 1 aromatic carbocycles. The fraction of sp³-hybridized carbons (Fsp3) is 0.111. The summed E-state index contributed by atoms with van der Waals surface area (Å²) in [4.78, 5) is 25.0. The smallest absolute Gasteiger partial charge is 0.273 e. The van der Waals surface area contributed by atoms with Crippen LogP contribution < -0.4 is 11.1 Å². The predicted molar refractivity (Wildman–Crippen MR) is 97.2 cm³/mol. The molecule has 3 rings (SSSR count). The van der Waals surface area contributed by atoms with Gasteiger partial charge in [0, 0.05) is 35.4 Å². The van der Waals surface area contributed by atoms with E-state index in [9.17, 15) is 4.79 Å². The summed E-state index contributed by atoms with van der Waals surface area (Å²) in [6.45, 7) is 0.433. The second-order valence-electron chi connectivity index (χ2n) is 5.32. The minimum Gasteiger partial charge on any atom is -0.382 e. The van der Waals surface area contributed by atoms with Crippen LogP contribution in [0.3, 0.4) is 0 Å². The molecule has 2 aromatic heterocycles. The first-order chi connectivity index (χ1) is 12.1. The maximum atomic E-state index is 12.4. The minimum absolute atomic E-state index is 0.0908. The topological polar surface area (TPSA) is 93.8 Å². The number of carbonyl (C=O) groups is 1. The first-order valence-corrected chi connectivity index (χ1v) is 8.08. The zero-order valence-corrected chi connectivity index (χ0v) is 14.1. The van der Waals surface area contributed by atoms with Crippen LogP contribution in [-0.2, 0) is 6.42 Å². The van der Waals surface area contributed by atoms with Gasteiger partial charge >= 0.3 is 0 Å². The largest absolute Gasteiger partial charge is 0.382 e. The third kappa shape index (κ3) is 4.30. The molecule has 3 aromatic rings. The summed E-state index contributed by atoms with van der Waals surface area (Å²) in [5, 5.41) is 3.42. The molecule has 0 radical (unpaired) electrons. The van der Waals surface area contributed by atoms with Crippen molar-refractivity contribution in [2.45, 2.75) is 6.42 Å². The molecule has 2 heterocycles. The molecule has 6 nitrogen and oxygen atoms in total. The van der Waals surface area contributed by atoms with E-state index < -0.39 is 0 Å². The first kappa shape index (κ1) is 16.9. The van der Waals surface area contributed by atoms with Gasteiger partial charge in [0.15, 0.2) is 11.5 Å². The Balaban J connectivity index is 1.71. The summed E-state index contributed by atoms with van der Waals surface area (Å²) in [6, 6.07) is 12.8. The van der Waals surface area contributed by atoms with Crippen LogP contribution in [0.5, 0.6) is 0 Å². The van der Waals surface area contributed by atoms with Crippen molar-refractivity contribution in [3.05, 3.63) is 71.3 Å². The molecule has 0 aliphatic rings. The highest BCUT2D eigenvalue weighted by Crippen LogP contribution is 2.20. The van der Waals surface area contributed by atoms with Gasteiger partial charge < -0.3 is 11.1 Å². The lowest BCUT2D eigenvalue weighted by molar-refractivity contribution is 0.0950. The van der Waals surface area contributed by atoms with E-state index in [4.69, 9.17) is 17.3 Å². The molecular formula is C18H16ClN5O. The van der Waals surface area contributed by atoms with E-state index >= 15 is 0 Å². The number of hydrogen-bond donors (Lipinski definition) is 2. The van der Waals surface area contributed by atoms with Gasteiger partial charge in [0.05, 0.1) is 11.9 Å². The molecule has 0 saturated heterocycles. The Bertz CT molecular complexity index is 868. The Labute approximate surface area is 150 Å². The average molecular weight is 354 g/mol. The fourth-order valence-corrected chi connectivity index (χ4v) is 2.39. The van der Waals surface area contributed by atoms with Crippen molar-refractivity contribution < 1.29 is 4.79 Å². The van der Waals surface area contributed by atoms with Crippen molar-refractivity contribution in [3.8, 4) is 11.3 Å². The van der Waals surface area contributed by atoms with E-state index in [0.717, 1.165) is 11.3 Å². The van der Waals surface area contributed by atoms with Gasteiger partial charge in [-0.15, -0.1) is 0 Å². The molecule has 0 unspecified atom stereocenters. The number of carbonyl (C=O) groups excluding carboxylic acids is 1. The number of rotatable bonds is 5. The Morgan fingerprint density at radius 3 is 2.64 bits per heavy atom. The molecule has 0 aliphatic carbocycles. The van der Waals surface area contributed by atoms with Crippen molar-refractivity contribution in [3.63, 3.8) is 0 Å². The van der Waals surface area contributed by atoms with Crippen LogP contribution in [-0.4, -0.2) is 27.4 Å². The van der Waals surface area contributed by atoms with Gasteiger partial charge in [0.25, 0.3) is 5.91 Å². The number of anilines is 1. The van der Waals surface area contributed by atoms with Crippen molar-refractivity contribution in [2.75, 3.05) is 12.3 Å². The second kappa shape index (κ2) is 7.72. The van der Waals surface area contributed by atoms with Crippen LogP contribution in [0.1, 0.15) is 16.2 Å². The molecule has 0 fully saturated rings. The van der Waals surface area contributed by atoms with Crippen molar-refractivity contribution in [2.24, 2.45) is 0 Å². The van der Waals surface area contributed by atoms with E-state index in [1.807, 2.05) is 30.3 Å². The SMILES string of the molecule is Nc1ncc(-c2ccc(Cl)cc2)nc1C(=O)NCCc1ccccn1. The number of nitrogens with one attached hydrogen (secondary N) is 1. The lowest BCUT2D eigenvalue weighted by Gasteiger charge is -2.08. The molecular weight excluding hydrogens is 338 g/mol. The molecule has 126 valence electrons. The highest BCUT2D eigenvalue weighted by molar-refractivity contribution is 6.30. The summed E-state index contributed by atoms with van der Waals surface area (Å²) < 4.78 is 0. The van der Waals surface area contributed by atoms with Gasteiger partial charge in [-0.1, -0.05) is 29.8 Å². The van der Waals surface area contributed by atoms with Crippen molar-refractivity contribution in [1.82, 2.24) is 20.3 Å². The van der Waals surface area contributed by atoms with E-state index in [1.54, 1.807) is 18.3 Å². The Hall–Kier alpha value is -2.99. The number of nitrogens with zero attached hydrogens (tertiary/aromatic N) is 3. The molecule has 25 heavy (non-hydrogen) atoms. The number of aromatic nitrogens is 3. The van der Waals surface area contributed by atoms with E-state index in [2.05, 4.69) is 20.3 Å². The number of nitrogen functional groups attached to an aromatic ring is 1. The van der Waals surface area contributed by atoms with Crippen LogP contribution in [0.25, 0.3) is 11.3 Å². The number of halogens is 1. The number of pyridine rings is 1. The Kier molecular flexibility index (Phi) is 5.20. The lowest BCUT2D eigenvalue weighted by atomic mass is 10.1. The van der Waals surface area contributed by atoms with Crippen molar-refractivity contribution in [1.29, 1.82) is 0 Å². The third-order valence-electron chi connectivity index (χ3n) is 3.55. The highest BCUT2D eigenvalue weighted by Gasteiger charge is 2.14. The van der Waals surface area contributed by atoms with Gasteiger partial charge in [-0.05, 0) is 24.3 Å². The summed E-state index contributed by atoms with van der Waals surface area (Å²) in [5.74, 6) is -0.273. The number of benzene rings is 1. The van der Waals surface area contributed by atoms with Crippen LogP contribution in [0.2, 0.25) is 5.02 Å². The van der Waals surface area contributed by atoms with Gasteiger partial charge in [0.2, 0.25) is 0 Å². The molecule has 0 bridgehead atoms. The minimum atomic E-state index is -0.364. The Morgan fingerprint density at radius 2 is 1.92 bits per heavy atom. The third-order valence-corrected chi connectivity index (χ3v) is 3.80. The van der Waals surface area contributed by atoms with Crippen LogP contribution in [0.15, 0.2) is 54.9 Å². The quantitative estimate of drug-likeness (QED) is 0.735. The highest BCUT2D eigenvalue weighted by atomic mass is 35.5. The monoisotopic (exact) mass is 353 g/mol. The molecule has 0 atom stereocenters. The first-order valence-electron chi connectivity index (χ1n) is 7.70. The Morgan fingerprint density at radius 1 is 1.12 bits per heavy atom. The summed E-state index contributed by atoms with van der Waals surface area (Å²) in [7, 11) is 0. The second-order valence-corrected chi connectivity index (χ2v) is 5.76. The van der Waals surface area contributed by atoms with E-state index in [-0.39, 0.29) is 17.4 Å². The van der Waals surface area contributed by atoms with Crippen LogP contribution in [0, 0.1) is 0 Å². The maximum absolute atomic E-state index is 12.4. The van der Waals surface area contributed by atoms with Crippen molar-refractivity contribution >= 4 is 23.3 Å². The van der Waals surface area contributed by atoms with E-state index in [1.165, 1.54) is 6.20 Å². The van der Waals surface area contributed by atoms with Crippen LogP contribution >= 0.6 is 11.6 Å². The molecule has 7 heteroatoms. The van der Waals surface area contributed by atoms with E-state index in [0.29, 0.717) is 23.7 Å². The zero-order valence-electron chi connectivity index (χ0n) is 13.3. The summed E-state index contributed by atoms with van der Waals surface area (Å²) in [5.41, 5.74) is 8.17. The molecule has 0 aliphatic heterocycles. The normalized spacial score (nSPS) is 10.4. The number of nitrogens with two attached hydrogens (primary N) is 1. The molecule has 0 saturated carbocycles. The van der Waals surface area contributed by atoms with Gasteiger partial charge in [-0.25, -0.2) is 9.97 Å². The predicted octanol–water partition coefficient (Wildman–Crippen LogP) is 2.75. The van der Waals surface area contributed by atoms with Crippen LogP contribution in [0.4, 0.5) is 5.82 Å². The van der Waals surface area contributed by atoms with Gasteiger partial charge in [0.1, 0.15) is 0 Å². The standard InChI is InChI=1S/C18H16ClN5O/c19-13-6-4-12(5-7-13)15-11-23-17(20)16(24-15)18(25)22-10-8-14-3-1-2-9-21-14/h1-7,9,11H,8,10H2,(H2,20,23)(H,22,25). The number of amides is 1. The lowest BCUT2D eigenvalue weighted by Crippen LogP contribution is -2.28. The molecule has 0 spiro atoms. The fourth-order valence-electron chi connectivity index (χ4n) is 2.26. The van der Waals surface area contributed by atoms with Gasteiger partial charge in [-0.2, -0.15) is 0 Å².